The molecule has 3 rings (SSSR count). The van der Waals surface area contributed by atoms with Gasteiger partial charge in [0, 0.05) is 11.1 Å². The first kappa shape index (κ1) is 19.8. The summed E-state index contributed by atoms with van der Waals surface area (Å²) < 4.78 is 0. The van der Waals surface area contributed by atoms with Crippen LogP contribution < -0.4 is 0 Å². The zero-order chi connectivity index (χ0) is 19.9. The van der Waals surface area contributed by atoms with Gasteiger partial charge < -0.3 is 0 Å². The third kappa shape index (κ3) is 5.07. The molecule has 0 aliphatic carbocycles. The molecule has 0 spiro atoms. The quantitative estimate of drug-likeness (QED) is 0.333. The van der Waals surface area contributed by atoms with Gasteiger partial charge in [0.15, 0.2) is 11.6 Å². The van der Waals surface area contributed by atoms with Crippen molar-refractivity contribution in [1.82, 2.24) is 0 Å². The van der Waals surface area contributed by atoms with Gasteiger partial charge in [0.1, 0.15) is 0 Å². The summed E-state index contributed by atoms with van der Waals surface area (Å²) in [5.74, 6) is -0.306. The number of carbonyl (C=O) groups excluding carboxylic acids is 2. The molecule has 4 heteroatoms. The molecule has 0 amide bonds. The molecule has 138 valence electrons. The minimum absolute atomic E-state index is 0.153. The van der Waals surface area contributed by atoms with Crippen LogP contribution in [0.1, 0.15) is 31.8 Å². The van der Waals surface area contributed by atoms with E-state index >= 15 is 0 Å². The molecule has 28 heavy (non-hydrogen) atoms. The normalized spacial score (nSPS) is 11.2. The Morgan fingerprint density at radius 1 is 0.571 bits per heavy atom. The molecule has 0 unspecified atom stereocenters. The predicted molar refractivity (Wildman–Crippen MR) is 116 cm³/mol. The Hall–Kier alpha value is -2.94. The molecule has 0 aromatic heterocycles. The highest BCUT2D eigenvalue weighted by Crippen LogP contribution is 2.18. The lowest BCUT2D eigenvalue weighted by molar-refractivity contribution is 0.104. The summed E-state index contributed by atoms with van der Waals surface area (Å²) in [6.45, 7) is 0. The van der Waals surface area contributed by atoms with Crippen LogP contribution in [0.25, 0.3) is 12.2 Å². The Bertz CT molecular complexity index is 977. The van der Waals surface area contributed by atoms with Crippen molar-refractivity contribution in [3.63, 3.8) is 0 Å². The van der Waals surface area contributed by atoms with Gasteiger partial charge in [0.25, 0.3) is 0 Å². The van der Waals surface area contributed by atoms with Crippen LogP contribution in [0.15, 0.2) is 84.9 Å². The molecule has 0 radical (unpaired) electrons. The summed E-state index contributed by atoms with van der Waals surface area (Å²) in [5, 5.41) is 0.863. The molecule has 2 nitrogen and oxygen atoms in total. The van der Waals surface area contributed by atoms with Gasteiger partial charge in [-0.15, -0.1) is 0 Å². The van der Waals surface area contributed by atoms with E-state index in [2.05, 4.69) is 0 Å². The molecule has 0 atom stereocenters. The summed E-state index contributed by atoms with van der Waals surface area (Å²) in [6.07, 6.45) is 6.45. The minimum atomic E-state index is -0.153. The standard InChI is InChI=1S/C24H16Cl2O2/c25-21-7-3-1-5-19(21)23(27)15-13-17-9-11-18(12-10-17)14-16-24(28)20-6-2-4-8-22(20)26/h1-16H/b15-13+,16-14+. The first-order valence-electron chi connectivity index (χ1n) is 8.58. The van der Waals surface area contributed by atoms with Gasteiger partial charge in [-0.2, -0.15) is 0 Å². The van der Waals surface area contributed by atoms with E-state index < -0.39 is 0 Å². The number of rotatable bonds is 6. The highest BCUT2D eigenvalue weighted by atomic mass is 35.5. The van der Waals surface area contributed by atoms with Crippen molar-refractivity contribution in [2.75, 3.05) is 0 Å². The van der Waals surface area contributed by atoms with Crippen LogP contribution in [-0.2, 0) is 0 Å². The highest BCUT2D eigenvalue weighted by molar-refractivity contribution is 6.35. The molecule has 3 aromatic rings. The molecule has 3 aromatic carbocycles. The Balaban J connectivity index is 1.67. The van der Waals surface area contributed by atoms with Crippen LogP contribution in [0.2, 0.25) is 10.0 Å². The number of hydrogen-bond donors (Lipinski definition) is 0. The Kier molecular flexibility index (Phi) is 6.59. The lowest BCUT2D eigenvalue weighted by Crippen LogP contribution is -1.95. The van der Waals surface area contributed by atoms with E-state index in [1.54, 1.807) is 60.7 Å². The number of benzene rings is 3. The summed E-state index contributed by atoms with van der Waals surface area (Å²) in [4.78, 5) is 24.4. The average Bonchev–Trinajstić information content (AvgIpc) is 2.71. The lowest BCUT2D eigenvalue weighted by Gasteiger charge is -2.00. The fourth-order valence-electron chi connectivity index (χ4n) is 2.56. The Labute approximate surface area is 173 Å². The second-order valence-electron chi connectivity index (χ2n) is 6.02. The van der Waals surface area contributed by atoms with Crippen molar-refractivity contribution in [3.8, 4) is 0 Å². The molecule has 0 aliphatic heterocycles. The van der Waals surface area contributed by atoms with E-state index in [-0.39, 0.29) is 11.6 Å². The second-order valence-corrected chi connectivity index (χ2v) is 6.84. The van der Waals surface area contributed by atoms with Gasteiger partial charge in [-0.05, 0) is 47.5 Å². The molecule has 0 bridgehead atoms. The van der Waals surface area contributed by atoms with Crippen LogP contribution >= 0.6 is 23.2 Å². The largest absolute Gasteiger partial charge is 0.289 e. The SMILES string of the molecule is O=C(/C=C/c1ccc(/C=C/C(=O)c2ccccc2Cl)cc1)c1ccccc1Cl. The van der Waals surface area contributed by atoms with Crippen molar-refractivity contribution in [2.24, 2.45) is 0 Å². The van der Waals surface area contributed by atoms with Crippen molar-refractivity contribution < 1.29 is 9.59 Å². The predicted octanol–water partition coefficient (Wildman–Crippen LogP) is 6.79. The first-order valence-corrected chi connectivity index (χ1v) is 9.34. The maximum absolute atomic E-state index is 12.2. The average molecular weight is 407 g/mol. The van der Waals surface area contributed by atoms with Crippen LogP contribution in [0.3, 0.4) is 0 Å². The molecule has 0 N–H and O–H groups in total. The smallest absolute Gasteiger partial charge is 0.187 e. The van der Waals surface area contributed by atoms with E-state index in [1.807, 2.05) is 24.3 Å². The van der Waals surface area contributed by atoms with Gasteiger partial charge in [-0.25, -0.2) is 0 Å². The van der Waals surface area contributed by atoms with Crippen molar-refractivity contribution in [3.05, 3.63) is 117 Å². The van der Waals surface area contributed by atoms with Crippen molar-refractivity contribution in [2.45, 2.75) is 0 Å². The number of carbonyl (C=O) groups is 2. The molecule has 0 aliphatic rings. The van der Waals surface area contributed by atoms with Crippen LogP contribution in [0.4, 0.5) is 0 Å². The maximum atomic E-state index is 12.2. The number of ketones is 2. The topological polar surface area (TPSA) is 34.1 Å². The summed E-state index contributed by atoms with van der Waals surface area (Å²) in [5.41, 5.74) is 2.68. The Morgan fingerprint density at radius 2 is 0.929 bits per heavy atom. The molecule has 0 saturated heterocycles. The number of halogens is 2. The molecule has 0 fully saturated rings. The van der Waals surface area contributed by atoms with E-state index in [1.165, 1.54) is 12.2 Å². The molecular formula is C24H16Cl2O2. The highest BCUT2D eigenvalue weighted by Gasteiger charge is 2.06. The first-order chi connectivity index (χ1) is 13.5. The molecule has 0 heterocycles. The summed E-state index contributed by atoms with van der Waals surface area (Å²) >= 11 is 12.1. The van der Waals surface area contributed by atoms with Crippen molar-refractivity contribution >= 4 is 46.9 Å². The number of allylic oxidation sites excluding steroid dienone is 2. The van der Waals surface area contributed by atoms with E-state index in [4.69, 9.17) is 23.2 Å². The van der Waals surface area contributed by atoms with Crippen LogP contribution in [0, 0.1) is 0 Å². The van der Waals surface area contributed by atoms with Gasteiger partial charge in [-0.1, -0.05) is 83.9 Å². The molecule has 0 saturated carbocycles. The summed E-state index contributed by atoms with van der Waals surface area (Å²) in [6, 6.07) is 21.4. The van der Waals surface area contributed by atoms with Gasteiger partial charge in [-0.3, -0.25) is 9.59 Å². The number of hydrogen-bond acceptors (Lipinski definition) is 2. The second kappa shape index (κ2) is 9.32. The maximum Gasteiger partial charge on any atom is 0.187 e. The van der Waals surface area contributed by atoms with E-state index in [0.717, 1.165) is 11.1 Å². The Morgan fingerprint density at radius 3 is 1.29 bits per heavy atom. The third-order valence-corrected chi connectivity index (χ3v) is 4.73. The van der Waals surface area contributed by atoms with Crippen LogP contribution in [-0.4, -0.2) is 11.6 Å². The van der Waals surface area contributed by atoms with Crippen molar-refractivity contribution in [1.29, 1.82) is 0 Å². The minimum Gasteiger partial charge on any atom is -0.289 e. The van der Waals surface area contributed by atoms with Gasteiger partial charge >= 0.3 is 0 Å². The lowest BCUT2D eigenvalue weighted by atomic mass is 10.1. The van der Waals surface area contributed by atoms with E-state index in [9.17, 15) is 9.59 Å². The zero-order valence-electron chi connectivity index (χ0n) is 14.8. The van der Waals surface area contributed by atoms with Gasteiger partial charge in [0.05, 0.1) is 10.0 Å². The third-order valence-electron chi connectivity index (χ3n) is 4.07. The van der Waals surface area contributed by atoms with Crippen LogP contribution in [0.5, 0.6) is 0 Å². The summed E-state index contributed by atoms with van der Waals surface area (Å²) in [7, 11) is 0. The van der Waals surface area contributed by atoms with Gasteiger partial charge in [0.2, 0.25) is 0 Å². The fourth-order valence-corrected chi connectivity index (χ4v) is 3.02. The fraction of sp³-hybridized carbons (Fsp3) is 0. The molecular weight excluding hydrogens is 391 g/mol. The van der Waals surface area contributed by atoms with E-state index in [0.29, 0.717) is 21.2 Å². The monoisotopic (exact) mass is 406 g/mol. The zero-order valence-corrected chi connectivity index (χ0v) is 16.3.